The summed E-state index contributed by atoms with van der Waals surface area (Å²) in [5.74, 6) is 0. The van der Waals surface area contributed by atoms with Crippen molar-refractivity contribution in [3.05, 3.63) is 12.4 Å². The molecule has 0 saturated heterocycles. The molecule has 142 valence electrons. The van der Waals surface area contributed by atoms with E-state index >= 15 is 0 Å². The average molecular weight is 337 g/mol. The van der Waals surface area contributed by atoms with Gasteiger partial charge in [0.2, 0.25) is 0 Å². The zero-order valence-corrected chi connectivity index (χ0v) is 17.1. The molecule has 1 rings (SSSR count). The van der Waals surface area contributed by atoms with Gasteiger partial charge in [-0.25, -0.2) is 0 Å². The molecule has 0 fully saturated rings. The fraction of sp³-hybridized carbons (Fsp3) is 0.909. The minimum absolute atomic E-state index is 0.609. The van der Waals surface area contributed by atoms with Crippen molar-refractivity contribution in [2.24, 2.45) is 0 Å². The Balaban J connectivity index is 1.96. The van der Waals surface area contributed by atoms with E-state index in [1.807, 2.05) is 0 Å². The number of rotatable bonds is 15. The summed E-state index contributed by atoms with van der Waals surface area (Å²) in [4.78, 5) is 5.03. The Labute approximate surface area is 152 Å². The van der Waals surface area contributed by atoms with E-state index < -0.39 is 0 Å². The molecule has 0 spiro atoms. The first-order valence-corrected chi connectivity index (χ1v) is 10.9. The van der Waals surface area contributed by atoms with Crippen LogP contribution in [0.3, 0.4) is 0 Å². The van der Waals surface area contributed by atoms with Gasteiger partial charge in [0.15, 0.2) is 0 Å². The molecular weight excluding hydrogens is 292 g/mol. The van der Waals surface area contributed by atoms with Crippen molar-refractivity contribution in [3.63, 3.8) is 0 Å². The SMILES string of the molecule is CCCCCCCCCCCCCCC1N(CC)C=CN1C(C)C. The molecule has 1 unspecified atom stereocenters. The highest BCUT2D eigenvalue weighted by Crippen LogP contribution is 2.23. The first-order valence-electron chi connectivity index (χ1n) is 10.9. The number of hydrogen-bond acceptors (Lipinski definition) is 2. The molecule has 0 aliphatic carbocycles. The van der Waals surface area contributed by atoms with Gasteiger partial charge in [-0.1, -0.05) is 77.6 Å². The van der Waals surface area contributed by atoms with Crippen LogP contribution < -0.4 is 0 Å². The molecule has 0 aromatic carbocycles. The van der Waals surface area contributed by atoms with Gasteiger partial charge in [0.05, 0.1) is 0 Å². The van der Waals surface area contributed by atoms with Gasteiger partial charge in [0, 0.05) is 25.0 Å². The molecule has 2 heteroatoms. The molecule has 1 heterocycles. The van der Waals surface area contributed by atoms with Gasteiger partial charge >= 0.3 is 0 Å². The van der Waals surface area contributed by atoms with E-state index in [4.69, 9.17) is 0 Å². The fourth-order valence-corrected chi connectivity index (χ4v) is 3.85. The lowest BCUT2D eigenvalue weighted by molar-refractivity contribution is 0.119. The first kappa shape index (κ1) is 21.4. The molecule has 0 saturated carbocycles. The summed E-state index contributed by atoms with van der Waals surface area (Å²) >= 11 is 0. The lowest BCUT2D eigenvalue weighted by Gasteiger charge is -2.34. The molecule has 1 aliphatic rings. The highest BCUT2D eigenvalue weighted by molar-refractivity contribution is 4.97. The van der Waals surface area contributed by atoms with Crippen LogP contribution >= 0.6 is 0 Å². The van der Waals surface area contributed by atoms with Crippen LogP contribution in [0, 0.1) is 0 Å². The van der Waals surface area contributed by atoms with Crippen LogP contribution in [0.4, 0.5) is 0 Å². The second-order valence-corrected chi connectivity index (χ2v) is 7.83. The Hall–Kier alpha value is -0.660. The van der Waals surface area contributed by atoms with Gasteiger partial charge in [-0.15, -0.1) is 0 Å². The lowest BCUT2D eigenvalue weighted by Crippen LogP contribution is -2.41. The Morgan fingerprint density at radius 1 is 0.708 bits per heavy atom. The largest absolute Gasteiger partial charge is 0.356 e. The van der Waals surface area contributed by atoms with Crippen LogP contribution in [-0.4, -0.2) is 28.6 Å². The summed E-state index contributed by atoms with van der Waals surface area (Å²) in [6.07, 6.45) is 23.7. The standard InChI is InChI=1S/C22H44N2/c1-5-7-8-9-10-11-12-13-14-15-16-17-18-22-23(6-2)19-20-24(22)21(3)4/h19-22H,5-18H2,1-4H3. The van der Waals surface area contributed by atoms with E-state index in [1.54, 1.807) is 0 Å². The predicted molar refractivity (Wildman–Crippen MR) is 108 cm³/mol. The summed E-state index contributed by atoms with van der Waals surface area (Å²) in [6.45, 7) is 10.3. The molecule has 0 aromatic heterocycles. The van der Waals surface area contributed by atoms with Crippen molar-refractivity contribution in [1.82, 2.24) is 9.80 Å². The van der Waals surface area contributed by atoms with Crippen LogP contribution in [0.25, 0.3) is 0 Å². The third kappa shape index (κ3) is 8.44. The molecule has 0 bridgehead atoms. The van der Waals surface area contributed by atoms with Crippen molar-refractivity contribution in [3.8, 4) is 0 Å². The average Bonchev–Trinajstić information content (AvgIpc) is 2.99. The lowest BCUT2D eigenvalue weighted by atomic mass is 10.0. The Morgan fingerprint density at radius 3 is 1.67 bits per heavy atom. The number of nitrogens with zero attached hydrogens (tertiary/aromatic N) is 2. The van der Waals surface area contributed by atoms with Crippen molar-refractivity contribution in [1.29, 1.82) is 0 Å². The van der Waals surface area contributed by atoms with E-state index in [1.165, 1.54) is 83.5 Å². The van der Waals surface area contributed by atoms with Crippen LogP contribution in [0.1, 0.15) is 111 Å². The Bertz CT molecular complexity index is 311. The van der Waals surface area contributed by atoms with Gasteiger partial charge in [-0.3, -0.25) is 0 Å². The summed E-state index contributed by atoms with van der Waals surface area (Å²) in [5.41, 5.74) is 0. The third-order valence-electron chi connectivity index (χ3n) is 5.43. The zero-order valence-electron chi connectivity index (χ0n) is 17.1. The van der Waals surface area contributed by atoms with Crippen LogP contribution in [0.2, 0.25) is 0 Å². The molecule has 0 N–H and O–H groups in total. The molecule has 0 aromatic rings. The second-order valence-electron chi connectivity index (χ2n) is 7.83. The van der Waals surface area contributed by atoms with Crippen LogP contribution in [0.5, 0.6) is 0 Å². The zero-order chi connectivity index (χ0) is 17.6. The number of unbranched alkanes of at least 4 members (excludes halogenated alkanes) is 11. The van der Waals surface area contributed by atoms with Crippen molar-refractivity contribution < 1.29 is 0 Å². The Morgan fingerprint density at radius 2 is 1.21 bits per heavy atom. The summed E-state index contributed by atoms with van der Waals surface area (Å²) in [5, 5.41) is 0. The quantitative estimate of drug-likeness (QED) is 0.299. The van der Waals surface area contributed by atoms with Gasteiger partial charge in [-0.05, 0) is 33.6 Å². The monoisotopic (exact) mass is 336 g/mol. The molecule has 2 nitrogen and oxygen atoms in total. The fourth-order valence-electron chi connectivity index (χ4n) is 3.85. The molecule has 1 atom stereocenters. The van der Waals surface area contributed by atoms with Crippen molar-refractivity contribution >= 4 is 0 Å². The van der Waals surface area contributed by atoms with E-state index in [-0.39, 0.29) is 0 Å². The van der Waals surface area contributed by atoms with Crippen molar-refractivity contribution in [2.75, 3.05) is 6.54 Å². The molecular formula is C22H44N2. The second kappa shape index (κ2) is 13.6. The van der Waals surface area contributed by atoms with E-state index in [0.29, 0.717) is 12.2 Å². The van der Waals surface area contributed by atoms with Gasteiger partial charge in [0.1, 0.15) is 6.17 Å². The Kier molecular flexibility index (Phi) is 12.1. The van der Waals surface area contributed by atoms with Gasteiger partial charge < -0.3 is 9.80 Å². The van der Waals surface area contributed by atoms with Crippen LogP contribution in [0.15, 0.2) is 12.4 Å². The van der Waals surface area contributed by atoms with E-state index in [9.17, 15) is 0 Å². The summed E-state index contributed by atoms with van der Waals surface area (Å²) < 4.78 is 0. The first-order chi connectivity index (χ1) is 11.7. The van der Waals surface area contributed by atoms with Crippen LogP contribution in [-0.2, 0) is 0 Å². The molecule has 0 amide bonds. The van der Waals surface area contributed by atoms with Gasteiger partial charge in [0.25, 0.3) is 0 Å². The third-order valence-corrected chi connectivity index (χ3v) is 5.43. The number of hydrogen-bond donors (Lipinski definition) is 0. The summed E-state index contributed by atoms with van der Waals surface area (Å²) in [6, 6.07) is 0.611. The maximum atomic E-state index is 2.53. The van der Waals surface area contributed by atoms with Crippen molar-refractivity contribution in [2.45, 2.75) is 123 Å². The van der Waals surface area contributed by atoms with E-state index in [2.05, 4.69) is 49.9 Å². The molecule has 1 aliphatic heterocycles. The van der Waals surface area contributed by atoms with Gasteiger partial charge in [-0.2, -0.15) is 0 Å². The predicted octanol–water partition coefficient (Wildman–Crippen LogP) is 6.92. The highest BCUT2D eigenvalue weighted by atomic mass is 15.4. The molecule has 24 heavy (non-hydrogen) atoms. The smallest absolute Gasteiger partial charge is 0.101 e. The molecule has 0 radical (unpaired) electrons. The topological polar surface area (TPSA) is 6.48 Å². The summed E-state index contributed by atoms with van der Waals surface area (Å²) in [7, 11) is 0. The van der Waals surface area contributed by atoms with E-state index in [0.717, 1.165) is 6.54 Å². The normalized spacial score (nSPS) is 17.5. The maximum Gasteiger partial charge on any atom is 0.101 e. The maximum absolute atomic E-state index is 2.53. The minimum Gasteiger partial charge on any atom is -0.356 e. The highest BCUT2D eigenvalue weighted by Gasteiger charge is 2.26. The minimum atomic E-state index is 0.609.